The molecule has 1 aliphatic heterocycles. The summed E-state index contributed by atoms with van der Waals surface area (Å²) in [5, 5.41) is -0.192. The van der Waals surface area contributed by atoms with Gasteiger partial charge in [0.15, 0.2) is 0 Å². The standard InChI is InChI=1S/C24H23N3O2S/c1-17-15-20(18(2)27(17)21-10-12-25-13-11-21)16-22-23(28)26(24(29)30-22)14-6-9-19-7-4-3-5-8-19/h3-5,7-8,10-13,15-16H,6,9,14H2,1-2H3/b22-16+. The summed E-state index contributed by atoms with van der Waals surface area (Å²) >= 11 is 1.02. The van der Waals surface area contributed by atoms with E-state index in [1.165, 1.54) is 10.5 Å². The summed E-state index contributed by atoms with van der Waals surface area (Å²) in [5.41, 5.74) is 5.26. The Hall–Kier alpha value is -3.12. The number of imide groups is 1. The number of amides is 2. The van der Waals surface area contributed by atoms with Gasteiger partial charge in [-0.15, -0.1) is 0 Å². The molecule has 0 unspecified atom stereocenters. The Morgan fingerprint density at radius 2 is 1.77 bits per heavy atom. The highest BCUT2D eigenvalue weighted by Crippen LogP contribution is 2.34. The number of nitrogens with zero attached hydrogens (tertiary/aromatic N) is 3. The van der Waals surface area contributed by atoms with E-state index in [4.69, 9.17) is 0 Å². The third-order valence-corrected chi connectivity index (χ3v) is 6.15. The Labute approximate surface area is 180 Å². The molecule has 1 aromatic carbocycles. The van der Waals surface area contributed by atoms with Crippen molar-refractivity contribution in [1.82, 2.24) is 14.5 Å². The average Bonchev–Trinajstić information content (AvgIpc) is 3.18. The highest BCUT2D eigenvalue weighted by molar-refractivity contribution is 8.18. The van der Waals surface area contributed by atoms with Gasteiger partial charge in [0.05, 0.1) is 4.91 Å². The predicted molar refractivity (Wildman–Crippen MR) is 120 cm³/mol. The van der Waals surface area contributed by atoms with Crippen LogP contribution in [0, 0.1) is 13.8 Å². The van der Waals surface area contributed by atoms with Gasteiger partial charge in [0.2, 0.25) is 0 Å². The second-order valence-electron chi connectivity index (χ2n) is 7.29. The van der Waals surface area contributed by atoms with Crippen molar-refractivity contribution in [2.75, 3.05) is 6.54 Å². The molecule has 30 heavy (non-hydrogen) atoms. The van der Waals surface area contributed by atoms with Gasteiger partial charge < -0.3 is 4.57 Å². The monoisotopic (exact) mass is 417 g/mol. The number of carbonyl (C=O) groups is 2. The molecule has 1 aliphatic rings. The maximum Gasteiger partial charge on any atom is 0.293 e. The number of hydrogen-bond acceptors (Lipinski definition) is 4. The van der Waals surface area contributed by atoms with Crippen molar-refractivity contribution in [2.24, 2.45) is 0 Å². The molecule has 1 fully saturated rings. The molecule has 0 bridgehead atoms. The molecule has 0 atom stereocenters. The molecule has 0 radical (unpaired) electrons. The molecule has 5 nitrogen and oxygen atoms in total. The van der Waals surface area contributed by atoms with Crippen LogP contribution in [0.1, 0.15) is 28.9 Å². The SMILES string of the molecule is Cc1cc(/C=C2/SC(=O)N(CCCc3ccccc3)C2=O)c(C)n1-c1ccncc1. The van der Waals surface area contributed by atoms with E-state index in [1.807, 2.05) is 56.3 Å². The summed E-state index contributed by atoms with van der Waals surface area (Å²) in [6, 6.07) is 16.0. The van der Waals surface area contributed by atoms with Crippen LogP contribution in [0.2, 0.25) is 0 Å². The molecule has 152 valence electrons. The number of thioether (sulfide) groups is 1. The van der Waals surface area contributed by atoms with E-state index in [2.05, 4.69) is 21.7 Å². The van der Waals surface area contributed by atoms with Gasteiger partial charge in [-0.2, -0.15) is 0 Å². The van der Waals surface area contributed by atoms with E-state index in [-0.39, 0.29) is 11.1 Å². The van der Waals surface area contributed by atoms with Gasteiger partial charge in [0.1, 0.15) is 0 Å². The van der Waals surface area contributed by atoms with Crippen LogP contribution in [-0.2, 0) is 11.2 Å². The average molecular weight is 418 g/mol. The first-order valence-electron chi connectivity index (χ1n) is 9.93. The lowest BCUT2D eigenvalue weighted by molar-refractivity contribution is -0.122. The molecule has 6 heteroatoms. The molecule has 3 aromatic rings. The maximum atomic E-state index is 12.8. The summed E-state index contributed by atoms with van der Waals surface area (Å²) < 4.78 is 2.12. The first-order chi connectivity index (χ1) is 14.5. The number of hydrogen-bond donors (Lipinski definition) is 0. The second kappa shape index (κ2) is 8.71. The lowest BCUT2D eigenvalue weighted by Gasteiger charge is -2.12. The van der Waals surface area contributed by atoms with E-state index < -0.39 is 0 Å². The molecule has 2 aromatic heterocycles. The molecule has 0 spiro atoms. The van der Waals surface area contributed by atoms with Gasteiger partial charge in [0, 0.05) is 36.0 Å². The molecular formula is C24H23N3O2S. The smallest absolute Gasteiger partial charge is 0.293 e. The molecule has 2 amide bonds. The molecule has 4 rings (SSSR count). The van der Waals surface area contributed by atoms with E-state index in [0.29, 0.717) is 11.4 Å². The van der Waals surface area contributed by atoms with Crippen LogP contribution in [0.5, 0.6) is 0 Å². The third kappa shape index (κ3) is 4.09. The number of pyridine rings is 1. The summed E-state index contributed by atoms with van der Waals surface area (Å²) in [6.07, 6.45) is 6.95. The van der Waals surface area contributed by atoms with Crippen LogP contribution >= 0.6 is 11.8 Å². The zero-order valence-electron chi connectivity index (χ0n) is 17.0. The number of aryl methyl sites for hydroxylation is 2. The van der Waals surface area contributed by atoms with Crippen LogP contribution in [0.25, 0.3) is 11.8 Å². The lowest BCUT2D eigenvalue weighted by Crippen LogP contribution is -2.29. The zero-order valence-corrected chi connectivity index (χ0v) is 17.9. The number of aromatic nitrogens is 2. The Morgan fingerprint density at radius 1 is 1.03 bits per heavy atom. The van der Waals surface area contributed by atoms with Crippen molar-refractivity contribution in [1.29, 1.82) is 0 Å². The molecule has 0 N–H and O–H groups in total. The number of benzene rings is 1. The zero-order chi connectivity index (χ0) is 21.1. The van der Waals surface area contributed by atoms with Crippen LogP contribution in [0.3, 0.4) is 0 Å². The Balaban J connectivity index is 1.50. The van der Waals surface area contributed by atoms with Crippen molar-refractivity contribution in [3.05, 3.63) is 88.3 Å². The first kappa shape index (κ1) is 20.2. The van der Waals surface area contributed by atoms with Gasteiger partial charge in [-0.05, 0) is 73.9 Å². The van der Waals surface area contributed by atoms with Crippen molar-refractivity contribution < 1.29 is 9.59 Å². The van der Waals surface area contributed by atoms with Crippen molar-refractivity contribution >= 4 is 29.0 Å². The summed E-state index contributed by atoms with van der Waals surface area (Å²) in [4.78, 5) is 31.2. The number of rotatable bonds is 6. The van der Waals surface area contributed by atoms with Gasteiger partial charge >= 0.3 is 0 Å². The van der Waals surface area contributed by atoms with E-state index >= 15 is 0 Å². The maximum absolute atomic E-state index is 12.8. The van der Waals surface area contributed by atoms with Crippen LogP contribution in [0.15, 0.2) is 65.8 Å². The van der Waals surface area contributed by atoms with E-state index in [1.54, 1.807) is 12.4 Å². The molecular weight excluding hydrogens is 394 g/mol. The Kier molecular flexibility index (Phi) is 5.86. The van der Waals surface area contributed by atoms with E-state index in [0.717, 1.165) is 47.2 Å². The molecule has 1 saturated heterocycles. The van der Waals surface area contributed by atoms with Crippen molar-refractivity contribution in [2.45, 2.75) is 26.7 Å². The highest BCUT2D eigenvalue weighted by atomic mass is 32.2. The fourth-order valence-electron chi connectivity index (χ4n) is 3.74. The lowest BCUT2D eigenvalue weighted by atomic mass is 10.1. The van der Waals surface area contributed by atoms with Gasteiger partial charge in [-0.1, -0.05) is 30.3 Å². The van der Waals surface area contributed by atoms with Crippen LogP contribution < -0.4 is 0 Å². The Bertz CT molecular complexity index is 1100. The summed E-state index contributed by atoms with van der Waals surface area (Å²) in [6.45, 7) is 4.48. The second-order valence-corrected chi connectivity index (χ2v) is 8.28. The van der Waals surface area contributed by atoms with Gasteiger partial charge in [-0.3, -0.25) is 19.5 Å². The molecule has 3 heterocycles. The van der Waals surface area contributed by atoms with Crippen molar-refractivity contribution in [3.63, 3.8) is 0 Å². The minimum absolute atomic E-state index is 0.192. The quantitative estimate of drug-likeness (QED) is 0.520. The van der Waals surface area contributed by atoms with E-state index in [9.17, 15) is 9.59 Å². The topological polar surface area (TPSA) is 55.2 Å². The van der Waals surface area contributed by atoms with Crippen LogP contribution in [-0.4, -0.2) is 32.1 Å². The normalized spacial score (nSPS) is 15.4. The fraction of sp³-hybridized carbons (Fsp3) is 0.208. The highest BCUT2D eigenvalue weighted by Gasteiger charge is 2.34. The molecule has 0 saturated carbocycles. The molecule has 0 aliphatic carbocycles. The van der Waals surface area contributed by atoms with Gasteiger partial charge in [-0.25, -0.2) is 0 Å². The fourth-order valence-corrected chi connectivity index (χ4v) is 4.60. The number of carbonyl (C=O) groups excluding carboxylic acids is 2. The predicted octanol–water partition coefficient (Wildman–Crippen LogP) is 5.16. The first-order valence-corrected chi connectivity index (χ1v) is 10.7. The minimum Gasteiger partial charge on any atom is -0.318 e. The largest absolute Gasteiger partial charge is 0.318 e. The third-order valence-electron chi connectivity index (χ3n) is 5.24. The van der Waals surface area contributed by atoms with Crippen LogP contribution in [0.4, 0.5) is 4.79 Å². The van der Waals surface area contributed by atoms with Gasteiger partial charge in [0.25, 0.3) is 11.1 Å². The summed E-state index contributed by atoms with van der Waals surface area (Å²) in [7, 11) is 0. The minimum atomic E-state index is -0.202. The summed E-state index contributed by atoms with van der Waals surface area (Å²) in [5.74, 6) is -0.202. The van der Waals surface area contributed by atoms with Crippen molar-refractivity contribution in [3.8, 4) is 5.69 Å². The Morgan fingerprint density at radius 3 is 2.50 bits per heavy atom.